The van der Waals surface area contributed by atoms with E-state index in [4.69, 9.17) is 15.7 Å². The van der Waals surface area contributed by atoms with Crippen molar-refractivity contribution in [2.45, 2.75) is 19.5 Å². The van der Waals surface area contributed by atoms with Gasteiger partial charge in [-0.25, -0.2) is 14.5 Å². The molecule has 0 atom stereocenters. The Morgan fingerprint density at radius 3 is 2.71 bits per heavy atom. The second kappa shape index (κ2) is 6.94. The zero-order valence-electron chi connectivity index (χ0n) is 15.4. The van der Waals surface area contributed by atoms with Gasteiger partial charge < -0.3 is 16.4 Å². The van der Waals surface area contributed by atoms with Gasteiger partial charge in [-0.2, -0.15) is 4.98 Å². The average molecular weight is 371 g/mol. The van der Waals surface area contributed by atoms with Crippen LogP contribution in [0.25, 0.3) is 17.0 Å². The number of rotatable bonds is 4. The van der Waals surface area contributed by atoms with E-state index in [1.807, 2.05) is 47.0 Å². The van der Waals surface area contributed by atoms with Gasteiger partial charge in [0.1, 0.15) is 5.82 Å². The number of imidazole rings is 1. The molecule has 28 heavy (non-hydrogen) atoms. The Morgan fingerprint density at radius 2 is 1.82 bits per heavy atom. The maximum atomic E-state index is 6.22. The molecule has 2 aromatic carbocycles. The molecule has 4 N–H and O–H groups in total. The van der Waals surface area contributed by atoms with Crippen molar-refractivity contribution in [3.8, 4) is 5.95 Å². The molecule has 0 amide bonds. The highest BCUT2D eigenvalue weighted by Gasteiger charge is 2.20. The van der Waals surface area contributed by atoms with Crippen LogP contribution in [0.2, 0.25) is 0 Å². The lowest BCUT2D eigenvalue weighted by Crippen LogP contribution is -2.27. The van der Waals surface area contributed by atoms with E-state index in [9.17, 15) is 0 Å². The summed E-state index contributed by atoms with van der Waals surface area (Å²) in [4.78, 5) is 14.1. The van der Waals surface area contributed by atoms with Gasteiger partial charge in [0.25, 0.3) is 0 Å². The molecule has 0 fully saturated rings. The largest absolute Gasteiger partial charge is 0.369 e. The normalized spacial score (nSPS) is 13.4. The molecule has 7 nitrogen and oxygen atoms in total. The zero-order chi connectivity index (χ0) is 18.9. The van der Waals surface area contributed by atoms with Crippen molar-refractivity contribution in [2.24, 2.45) is 0 Å². The molecule has 7 heteroatoms. The second-order valence-electron chi connectivity index (χ2n) is 6.86. The van der Waals surface area contributed by atoms with Crippen LogP contribution < -0.4 is 16.4 Å². The van der Waals surface area contributed by atoms with Crippen LogP contribution in [0.15, 0.2) is 54.6 Å². The molecule has 0 radical (unpaired) electrons. The third kappa shape index (κ3) is 2.95. The van der Waals surface area contributed by atoms with Crippen LogP contribution in [-0.4, -0.2) is 26.1 Å². The highest BCUT2D eigenvalue weighted by molar-refractivity contribution is 5.80. The molecule has 1 aliphatic heterocycles. The fourth-order valence-electron chi connectivity index (χ4n) is 3.61. The van der Waals surface area contributed by atoms with E-state index in [1.165, 1.54) is 5.56 Å². The minimum Gasteiger partial charge on any atom is -0.369 e. The number of aromatic nitrogens is 4. The molecule has 140 valence electrons. The Hall–Kier alpha value is -3.45. The standard InChI is InChI=1S/C21H21N7/c22-20-25-17-8-4-5-9-18(17)28(20)21-26-16-10-11-23-13-15(16)19(27-21)24-12-14-6-2-1-3-7-14/h1-9,23H,10-13H2,(H2,22,25)(H,24,26,27). The van der Waals surface area contributed by atoms with E-state index in [2.05, 4.69) is 27.8 Å². The van der Waals surface area contributed by atoms with Gasteiger partial charge in [0, 0.05) is 31.6 Å². The molecule has 0 saturated heterocycles. The predicted molar refractivity (Wildman–Crippen MR) is 110 cm³/mol. The zero-order valence-corrected chi connectivity index (χ0v) is 15.4. The molecule has 4 aromatic rings. The summed E-state index contributed by atoms with van der Waals surface area (Å²) in [6.07, 6.45) is 0.859. The number of fused-ring (bicyclic) bond motifs is 2. The Labute approximate surface area is 162 Å². The lowest BCUT2D eigenvalue weighted by atomic mass is 10.1. The first-order valence-corrected chi connectivity index (χ1v) is 9.41. The molecule has 0 unspecified atom stereocenters. The van der Waals surface area contributed by atoms with E-state index < -0.39 is 0 Å². The third-order valence-electron chi connectivity index (χ3n) is 5.01. The number of nitrogens with two attached hydrogens (primary N) is 1. The van der Waals surface area contributed by atoms with Crippen LogP contribution in [0, 0.1) is 0 Å². The van der Waals surface area contributed by atoms with Gasteiger partial charge in [-0.1, -0.05) is 42.5 Å². The van der Waals surface area contributed by atoms with E-state index in [0.29, 0.717) is 18.4 Å². The monoisotopic (exact) mass is 371 g/mol. The molecule has 0 spiro atoms. The van der Waals surface area contributed by atoms with Gasteiger partial charge >= 0.3 is 0 Å². The number of nitrogens with one attached hydrogen (secondary N) is 2. The molecule has 3 heterocycles. The topological polar surface area (TPSA) is 93.7 Å². The number of benzene rings is 2. The first-order chi connectivity index (χ1) is 13.8. The molecule has 1 aliphatic rings. The average Bonchev–Trinajstić information content (AvgIpc) is 3.08. The van der Waals surface area contributed by atoms with Gasteiger partial charge in [0.05, 0.1) is 16.7 Å². The predicted octanol–water partition coefficient (Wildman–Crippen LogP) is 2.66. The van der Waals surface area contributed by atoms with Crippen LogP contribution >= 0.6 is 0 Å². The second-order valence-corrected chi connectivity index (χ2v) is 6.86. The first kappa shape index (κ1) is 16.7. The quantitative estimate of drug-likeness (QED) is 0.511. The van der Waals surface area contributed by atoms with E-state index in [1.54, 1.807) is 0 Å². The number of nitrogen functional groups attached to an aromatic ring is 1. The van der Waals surface area contributed by atoms with Crippen LogP contribution in [0.3, 0.4) is 0 Å². The fraction of sp³-hybridized carbons (Fsp3) is 0.190. The Morgan fingerprint density at radius 1 is 1.00 bits per heavy atom. The van der Waals surface area contributed by atoms with Crippen molar-refractivity contribution in [3.63, 3.8) is 0 Å². The Balaban J connectivity index is 1.60. The maximum Gasteiger partial charge on any atom is 0.239 e. The summed E-state index contributed by atoms with van der Waals surface area (Å²) in [6, 6.07) is 18.1. The van der Waals surface area contributed by atoms with Gasteiger partial charge in [0.15, 0.2) is 0 Å². The lowest BCUT2D eigenvalue weighted by Gasteiger charge is -2.21. The smallest absolute Gasteiger partial charge is 0.239 e. The molecule has 0 saturated carbocycles. The van der Waals surface area contributed by atoms with Gasteiger partial charge in [-0.05, 0) is 17.7 Å². The van der Waals surface area contributed by atoms with Crippen LogP contribution in [-0.2, 0) is 19.5 Å². The van der Waals surface area contributed by atoms with Gasteiger partial charge in [-0.3, -0.25) is 0 Å². The Bertz CT molecular complexity index is 1130. The van der Waals surface area contributed by atoms with Crippen molar-refractivity contribution in [1.29, 1.82) is 0 Å². The maximum absolute atomic E-state index is 6.22. The number of anilines is 2. The third-order valence-corrected chi connectivity index (χ3v) is 5.01. The number of para-hydroxylation sites is 2. The molecule has 0 bridgehead atoms. The van der Waals surface area contributed by atoms with Crippen LogP contribution in [0.5, 0.6) is 0 Å². The van der Waals surface area contributed by atoms with Gasteiger partial charge in [0.2, 0.25) is 11.9 Å². The number of hydrogen-bond donors (Lipinski definition) is 3. The van der Waals surface area contributed by atoms with Crippen LogP contribution in [0.1, 0.15) is 16.8 Å². The molecule has 5 rings (SSSR count). The molecule has 2 aromatic heterocycles. The van der Waals surface area contributed by atoms with E-state index in [-0.39, 0.29) is 0 Å². The van der Waals surface area contributed by atoms with Crippen molar-refractivity contribution in [1.82, 2.24) is 24.8 Å². The number of hydrogen-bond acceptors (Lipinski definition) is 6. The minimum atomic E-state index is 0.393. The summed E-state index contributed by atoms with van der Waals surface area (Å²) in [7, 11) is 0. The lowest BCUT2D eigenvalue weighted by molar-refractivity contribution is 0.624. The summed E-state index contributed by atoms with van der Waals surface area (Å²) in [6.45, 7) is 2.36. The highest BCUT2D eigenvalue weighted by atomic mass is 15.3. The van der Waals surface area contributed by atoms with E-state index >= 15 is 0 Å². The summed E-state index contributed by atoms with van der Waals surface area (Å²) in [5, 5.41) is 6.90. The summed E-state index contributed by atoms with van der Waals surface area (Å²) < 4.78 is 1.82. The summed E-state index contributed by atoms with van der Waals surface area (Å²) >= 11 is 0. The summed E-state index contributed by atoms with van der Waals surface area (Å²) in [5.74, 6) is 1.79. The Kier molecular flexibility index (Phi) is 4.14. The molecular formula is C21H21N7. The first-order valence-electron chi connectivity index (χ1n) is 9.41. The van der Waals surface area contributed by atoms with Crippen molar-refractivity contribution in [3.05, 3.63) is 71.4 Å². The van der Waals surface area contributed by atoms with Crippen LogP contribution in [0.4, 0.5) is 11.8 Å². The van der Waals surface area contributed by atoms with Crippen molar-refractivity contribution in [2.75, 3.05) is 17.6 Å². The fourth-order valence-corrected chi connectivity index (χ4v) is 3.61. The molecule has 0 aliphatic carbocycles. The van der Waals surface area contributed by atoms with Crippen molar-refractivity contribution < 1.29 is 0 Å². The SMILES string of the molecule is Nc1nc2ccccc2n1-c1nc2c(c(NCc3ccccc3)n1)CNCC2. The molecular weight excluding hydrogens is 350 g/mol. The highest BCUT2D eigenvalue weighted by Crippen LogP contribution is 2.26. The summed E-state index contributed by atoms with van der Waals surface area (Å²) in [5.41, 5.74) is 11.3. The van der Waals surface area contributed by atoms with E-state index in [0.717, 1.165) is 47.6 Å². The number of nitrogens with zero attached hydrogens (tertiary/aromatic N) is 4. The van der Waals surface area contributed by atoms with Crippen molar-refractivity contribution >= 4 is 22.8 Å². The van der Waals surface area contributed by atoms with Gasteiger partial charge in [-0.15, -0.1) is 0 Å². The minimum absolute atomic E-state index is 0.393.